The molecule has 1 N–H and O–H groups in total. The van der Waals surface area contributed by atoms with Gasteiger partial charge in [0.25, 0.3) is 0 Å². The molecule has 1 saturated carbocycles. The lowest BCUT2D eigenvalue weighted by Gasteiger charge is -2.39. The molecule has 0 aromatic heterocycles. The number of carbonyl (C=O) groups excluding carboxylic acids is 3. The van der Waals surface area contributed by atoms with E-state index in [1.165, 1.54) is 7.11 Å². The number of esters is 1. The van der Waals surface area contributed by atoms with Crippen molar-refractivity contribution in [1.82, 2.24) is 10.2 Å². The maximum atomic E-state index is 13.4. The summed E-state index contributed by atoms with van der Waals surface area (Å²) in [4.78, 5) is 39.6. The Bertz CT molecular complexity index is 598. The number of ether oxygens (including phenoxy) is 2. The second kappa shape index (κ2) is 7.32. The number of amides is 2. The highest BCUT2D eigenvalue weighted by atomic mass is 16.6. The van der Waals surface area contributed by atoms with Crippen molar-refractivity contribution in [2.75, 3.05) is 13.7 Å². The summed E-state index contributed by atoms with van der Waals surface area (Å²) in [7, 11) is 1.34. The monoisotopic (exact) mass is 382 g/mol. The van der Waals surface area contributed by atoms with Crippen molar-refractivity contribution in [3.05, 3.63) is 0 Å². The first-order valence-electron chi connectivity index (χ1n) is 9.66. The van der Waals surface area contributed by atoms with Gasteiger partial charge in [0.05, 0.1) is 7.11 Å². The summed E-state index contributed by atoms with van der Waals surface area (Å²) in [6.45, 7) is 11.5. The van der Waals surface area contributed by atoms with Gasteiger partial charge in [0.1, 0.15) is 17.7 Å². The number of nitrogens with zero attached hydrogens (tertiary/aromatic N) is 1. The lowest BCUT2D eigenvalue weighted by atomic mass is 9.67. The molecule has 27 heavy (non-hydrogen) atoms. The summed E-state index contributed by atoms with van der Waals surface area (Å²) in [6.07, 6.45) is 3.15. The molecule has 2 atom stereocenters. The van der Waals surface area contributed by atoms with Crippen molar-refractivity contribution < 1.29 is 23.9 Å². The molecule has 1 unspecified atom stereocenters. The summed E-state index contributed by atoms with van der Waals surface area (Å²) in [5, 5.41) is 2.73. The second-order valence-corrected chi connectivity index (χ2v) is 10.0. The number of likely N-dealkylation sites (tertiary alicyclic amines) is 1. The number of carbonyl (C=O) groups is 3. The molecule has 7 nitrogen and oxygen atoms in total. The van der Waals surface area contributed by atoms with E-state index in [9.17, 15) is 14.4 Å². The summed E-state index contributed by atoms with van der Waals surface area (Å²) in [6, 6.07) is -1.39. The number of methoxy groups -OCH3 is 1. The predicted octanol–water partition coefficient (Wildman–Crippen LogP) is 2.87. The van der Waals surface area contributed by atoms with E-state index >= 15 is 0 Å². The fourth-order valence-electron chi connectivity index (χ4n) is 3.91. The highest BCUT2D eigenvalue weighted by Crippen LogP contribution is 2.50. The van der Waals surface area contributed by atoms with Gasteiger partial charge in [-0.1, -0.05) is 27.2 Å². The van der Waals surface area contributed by atoms with Crippen LogP contribution in [0.4, 0.5) is 4.79 Å². The molecule has 7 heteroatoms. The molecular weight excluding hydrogens is 348 g/mol. The Labute approximate surface area is 162 Å². The quantitative estimate of drug-likeness (QED) is 0.759. The molecule has 0 aromatic carbocycles. The third-order valence-electron chi connectivity index (χ3n) is 5.45. The van der Waals surface area contributed by atoms with Crippen molar-refractivity contribution in [1.29, 1.82) is 0 Å². The van der Waals surface area contributed by atoms with Crippen LogP contribution in [0.15, 0.2) is 0 Å². The van der Waals surface area contributed by atoms with E-state index < -0.39 is 35.2 Å². The molecule has 1 saturated heterocycles. The Morgan fingerprint density at radius 1 is 1.11 bits per heavy atom. The van der Waals surface area contributed by atoms with Crippen LogP contribution in [0.5, 0.6) is 0 Å². The van der Waals surface area contributed by atoms with Crippen LogP contribution in [0.2, 0.25) is 0 Å². The van der Waals surface area contributed by atoms with Crippen molar-refractivity contribution in [3.8, 4) is 0 Å². The Kier molecular flexibility index (Phi) is 5.83. The molecule has 154 valence electrons. The molecular formula is C20H34N2O5. The normalized spacial score (nSPS) is 22.8. The number of alkyl carbamates (subject to hydrolysis) is 1. The largest absolute Gasteiger partial charge is 0.467 e. The van der Waals surface area contributed by atoms with Gasteiger partial charge in [-0.2, -0.15) is 0 Å². The van der Waals surface area contributed by atoms with Crippen molar-refractivity contribution >= 4 is 18.0 Å². The predicted molar refractivity (Wildman–Crippen MR) is 101 cm³/mol. The summed E-state index contributed by atoms with van der Waals surface area (Å²) in [5.74, 6) is -0.649. The molecule has 2 fully saturated rings. The topological polar surface area (TPSA) is 84.9 Å². The highest BCUT2D eigenvalue weighted by molar-refractivity contribution is 5.91. The first-order valence-corrected chi connectivity index (χ1v) is 9.66. The number of hydrogen-bond donors (Lipinski definition) is 1. The van der Waals surface area contributed by atoms with Crippen LogP contribution in [0.25, 0.3) is 0 Å². The fraction of sp³-hybridized carbons (Fsp3) is 0.850. The third kappa shape index (κ3) is 4.93. The van der Waals surface area contributed by atoms with E-state index in [-0.39, 0.29) is 11.3 Å². The standard InChI is InChI=1S/C20H34N2O5/c1-18(2,3)14(21-17(25)27-19(4,5)6)15(23)22-12-20(9-8-10-20)11-13(22)16(24)26-7/h13-14H,8-12H2,1-7H3,(H,21,25)/t13?,14-/m1/s1. The molecule has 1 aliphatic heterocycles. The molecule has 0 bridgehead atoms. The number of rotatable bonds is 3. The minimum atomic E-state index is -0.797. The second-order valence-electron chi connectivity index (χ2n) is 10.0. The molecule has 1 heterocycles. The average molecular weight is 383 g/mol. The Morgan fingerprint density at radius 2 is 1.70 bits per heavy atom. The first kappa shape index (κ1) is 21.5. The van der Waals surface area contributed by atoms with E-state index in [1.54, 1.807) is 25.7 Å². The zero-order valence-corrected chi connectivity index (χ0v) is 17.7. The molecule has 2 amide bonds. The van der Waals surface area contributed by atoms with Crippen LogP contribution in [0.1, 0.15) is 67.2 Å². The minimum absolute atomic E-state index is 0.0167. The third-order valence-corrected chi connectivity index (χ3v) is 5.45. The summed E-state index contributed by atoms with van der Waals surface area (Å²) >= 11 is 0. The van der Waals surface area contributed by atoms with Gasteiger partial charge in [-0.25, -0.2) is 9.59 Å². The van der Waals surface area contributed by atoms with Gasteiger partial charge in [-0.3, -0.25) is 4.79 Å². The minimum Gasteiger partial charge on any atom is -0.467 e. The lowest BCUT2D eigenvalue weighted by molar-refractivity contribution is -0.152. The maximum Gasteiger partial charge on any atom is 0.408 e. The van der Waals surface area contributed by atoms with Crippen LogP contribution in [0.3, 0.4) is 0 Å². The zero-order valence-electron chi connectivity index (χ0n) is 17.7. The Hall–Kier alpha value is -1.79. The van der Waals surface area contributed by atoms with Crippen molar-refractivity contribution in [2.45, 2.75) is 84.9 Å². The first-order chi connectivity index (χ1) is 12.3. The van der Waals surface area contributed by atoms with Crippen LogP contribution in [-0.2, 0) is 19.1 Å². The summed E-state index contributed by atoms with van der Waals surface area (Å²) in [5.41, 5.74) is -1.18. The van der Waals surface area contributed by atoms with E-state index in [2.05, 4.69) is 5.32 Å². The van der Waals surface area contributed by atoms with Crippen LogP contribution < -0.4 is 5.32 Å². The van der Waals surface area contributed by atoms with Gasteiger partial charge in [0.15, 0.2) is 0 Å². The Balaban J connectivity index is 2.22. The summed E-state index contributed by atoms with van der Waals surface area (Å²) < 4.78 is 10.3. The van der Waals surface area contributed by atoms with Crippen LogP contribution in [0, 0.1) is 10.8 Å². The maximum absolute atomic E-state index is 13.4. The van der Waals surface area contributed by atoms with Gasteiger partial charge in [0, 0.05) is 6.54 Å². The van der Waals surface area contributed by atoms with Gasteiger partial charge in [-0.15, -0.1) is 0 Å². The number of hydrogen-bond acceptors (Lipinski definition) is 5. The smallest absolute Gasteiger partial charge is 0.408 e. The van der Waals surface area contributed by atoms with Crippen molar-refractivity contribution in [3.63, 3.8) is 0 Å². The van der Waals surface area contributed by atoms with E-state index in [0.29, 0.717) is 13.0 Å². The zero-order chi connectivity index (χ0) is 20.6. The van der Waals surface area contributed by atoms with Crippen molar-refractivity contribution in [2.24, 2.45) is 10.8 Å². The fourth-order valence-corrected chi connectivity index (χ4v) is 3.91. The van der Waals surface area contributed by atoms with Gasteiger partial charge in [0.2, 0.25) is 5.91 Å². The van der Waals surface area contributed by atoms with E-state index in [4.69, 9.17) is 9.47 Å². The molecule has 1 aliphatic carbocycles. The Morgan fingerprint density at radius 3 is 2.11 bits per heavy atom. The van der Waals surface area contributed by atoms with Crippen LogP contribution in [-0.4, -0.2) is 54.2 Å². The SMILES string of the molecule is COC(=O)C1CC2(CCC2)CN1C(=O)[C@@H](NC(=O)OC(C)(C)C)C(C)(C)C. The molecule has 2 rings (SSSR count). The highest BCUT2D eigenvalue weighted by Gasteiger charge is 2.53. The van der Waals surface area contributed by atoms with E-state index in [0.717, 1.165) is 19.3 Å². The van der Waals surface area contributed by atoms with Gasteiger partial charge < -0.3 is 19.7 Å². The number of nitrogens with one attached hydrogen (secondary N) is 1. The average Bonchev–Trinajstić information content (AvgIpc) is 2.89. The lowest BCUT2D eigenvalue weighted by Crippen LogP contribution is -2.57. The van der Waals surface area contributed by atoms with Gasteiger partial charge >= 0.3 is 12.1 Å². The van der Waals surface area contributed by atoms with Gasteiger partial charge in [-0.05, 0) is 50.9 Å². The molecule has 2 aliphatic rings. The molecule has 1 spiro atoms. The van der Waals surface area contributed by atoms with Crippen LogP contribution >= 0.6 is 0 Å². The molecule has 0 radical (unpaired) electrons. The van der Waals surface area contributed by atoms with E-state index in [1.807, 2.05) is 20.8 Å². The molecule has 0 aromatic rings.